The van der Waals surface area contributed by atoms with Crippen LogP contribution in [0, 0.1) is 13.8 Å². The Morgan fingerprint density at radius 2 is 1.97 bits per heavy atom. The van der Waals surface area contributed by atoms with E-state index in [0.29, 0.717) is 18.1 Å². The first-order valence-electron chi connectivity index (χ1n) is 9.80. The standard InChI is InChI=1S/C24H23N3O2S2/c1-16-7-4-8-18(13-16)15-29-23-19(9-5-10-20(23)28-3)14-25-27-24-26-22(17(2)31-24)21-11-6-12-30-21/h4-14H,15H2,1-3H3,(H,26,27)/b25-14-. The van der Waals surface area contributed by atoms with E-state index in [1.165, 1.54) is 5.56 Å². The molecule has 1 N–H and O–H groups in total. The summed E-state index contributed by atoms with van der Waals surface area (Å²) < 4.78 is 11.6. The van der Waals surface area contributed by atoms with Gasteiger partial charge in [-0.3, -0.25) is 5.43 Å². The predicted octanol–water partition coefficient (Wildman–Crippen LogP) is 6.52. The van der Waals surface area contributed by atoms with Gasteiger partial charge in [0, 0.05) is 10.4 Å². The van der Waals surface area contributed by atoms with Crippen LogP contribution >= 0.6 is 22.7 Å². The van der Waals surface area contributed by atoms with E-state index in [0.717, 1.165) is 31.7 Å². The van der Waals surface area contributed by atoms with Gasteiger partial charge in [0.1, 0.15) is 6.61 Å². The van der Waals surface area contributed by atoms with E-state index in [1.807, 2.05) is 36.4 Å². The highest BCUT2D eigenvalue weighted by molar-refractivity contribution is 7.17. The Bertz CT molecular complexity index is 1180. The third-order valence-corrected chi connectivity index (χ3v) is 6.36. The Morgan fingerprint density at radius 1 is 1.10 bits per heavy atom. The van der Waals surface area contributed by atoms with Crippen LogP contribution in [0.25, 0.3) is 10.6 Å². The van der Waals surface area contributed by atoms with Crippen LogP contribution in [0.4, 0.5) is 5.13 Å². The number of hydrogen-bond donors (Lipinski definition) is 1. The van der Waals surface area contributed by atoms with Crippen LogP contribution in [0.1, 0.15) is 21.6 Å². The van der Waals surface area contributed by atoms with Crippen molar-refractivity contribution in [1.29, 1.82) is 0 Å². The lowest BCUT2D eigenvalue weighted by Crippen LogP contribution is -2.01. The van der Waals surface area contributed by atoms with Gasteiger partial charge in [-0.05, 0) is 43.0 Å². The average molecular weight is 450 g/mol. The molecule has 0 radical (unpaired) electrons. The van der Waals surface area contributed by atoms with Gasteiger partial charge in [0.2, 0.25) is 5.13 Å². The second-order valence-electron chi connectivity index (χ2n) is 6.93. The number of aryl methyl sites for hydroxylation is 2. The number of aromatic nitrogens is 1. The zero-order valence-electron chi connectivity index (χ0n) is 17.6. The van der Waals surface area contributed by atoms with E-state index < -0.39 is 0 Å². The lowest BCUT2D eigenvalue weighted by molar-refractivity contribution is 0.284. The Morgan fingerprint density at radius 3 is 2.74 bits per heavy atom. The maximum absolute atomic E-state index is 6.12. The highest BCUT2D eigenvalue weighted by atomic mass is 32.1. The van der Waals surface area contributed by atoms with Crippen LogP contribution in [0.5, 0.6) is 11.5 Å². The van der Waals surface area contributed by atoms with Crippen molar-refractivity contribution in [1.82, 2.24) is 4.98 Å². The summed E-state index contributed by atoms with van der Waals surface area (Å²) in [5.41, 5.74) is 7.18. The first kappa shape index (κ1) is 21.1. The van der Waals surface area contributed by atoms with Gasteiger partial charge in [0.25, 0.3) is 0 Å². The maximum Gasteiger partial charge on any atom is 0.204 e. The molecule has 0 aliphatic heterocycles. The Hall–Kier alpha value is -3.16. The fourth-order valence-electron chi connectivity index (χ4n) is 3.15. The van der Waals surface area contributed by atoms with E-state index >= 15 is 0 Å². The second-order valence-corrected chi connectivity index (χ2v) is 9.08. The molecule has 7 heteroatoms. The van der Waals surface area contributed by atoms with Crippen LogP contribution in [0.15, 0.2) is 65.1 Å². The summed E-state index contributed by atoms with van der Waals surface area (Å²) in [4.78, 5) is 6.99. The minimum Gasteiger partial charge on any atom is -0.493 e. The lowest BCUT2D eigenvalue weighted by Gasteiger charge is -2.13. The molecule has 4 rings (SSSR count). The Kier molecular flexibility index (Phi) is 6.64. The number of benzene rings is 2. The van der Waals surface area contributed by atoms with Crippen molar-refractivity contribution in [3.05, 3.63) is 81.5 Å². The minimum atomic E-state index is 0.451. The number of hydrazone groups is 1. The number of thiophene rings is 1. The van der Waals surface area contributed by atoms with Gasteiger partial charge in [0.15, 0.2) is 11.5 Å². The first-order chi connectivity index (χ1) is 15.1. The van der Waals surface area contributed by atoms with Gasteiger partial charge in [-0.2, -0.15) is 5.10 Å². The molecule has 0 aliphatic rings. The van der Waals surface area contributed by atoms with Crippen molar-refractivity contribution < 1.29 is 9.47 Å². The first-order valence-corrected chi connectivity index (χ1v) is 11.5. The smallest absolute Gasteiger partial charge is 0.204 e. The SMILES string of the molecule is COc1cccc(/C=N\Nc2nc(-c3cccs3)c(C)s2)c1OCc1cccc(C)c1. The molecule has 0 saturated carbocycles. The highest BCUT2D eigenvalue weighted by Crippen LogP contribution is 2.33. The van der Waals surface area contributed by atoms with Gasteiger partial charge >= 0.3 is 0 Å². The Balaban J connectivity index is 1.50. The quantitative estimate of drug-likeness (QED) is 0.246. The number of ether oxygens (including phenoxy) is 2. The number of nitrogens with one attached hydrogen (secondary N) is 1. The number of hydrogen-bond acceptors (Lipinski definition) is 7. The number of methoxy groups -OCH3 is 1. The fraction of sp³-hybridized carbons (Fsp3) is 0.167. The molecule has 2 aromatic heterocycles. The van der Waals surface area contributed by atoms with E-state index in [4.69, 9.17) is 9.47 Å². The number of rotatable bonds is 8. The van der Waals surface area contributed by atoms with Crippen LogP contribution in [0.2, 0.25) is 0 Å². The molecule has 0 spiro atoms. The van der Waals surface area contributed by atoms with Crippen molar-refractivity contribution in [3.8, 4) is 22.1 Å². The van der Waals surface area contributed by atoms with Crippen molar-refractivity contribution in [2.45, 2.75) is 20.5 Å². The maximum atomic E-state index is 6.12. The van der Waals surface area contributed by atoms with Crippen molar-refractivity contribution in [2.75, 3.05) is 12.5 Å². The van der Waals surface area contributed by atoms with Crippen LogP contribution < -0.4 is 14.9 Å². The third-order valence-electron chi connectivity index (χ3n) is 4.61. The largest absolute Gasteiger partial charge is 0.493 e. The summed E-state index contributed by atoms with van der Waals surface area (Å²) in [5.74, 6) is 1.33. The van der Waals surface area contributed by atoms with E-state index in [2.05, 4.69) is 52.9 Å². The van der Waals surface area contributed by atoms with Gasteiger partial charge < -0.3 is 9.47 Å². The third kappa shape index (κ3) is 5.13. The molecule has 2 aromatic carbocycles. The van der Waals surface area contributed by atoms with Crippen LogP contribution in [-0.2, 0) is 6.61 Å². The van der Waals surface area contributed by atoms with Gasteiger partial charge in [-0.1, -0.05) is 42.0 Å². The lowest BCUT2D eigenvalue weighted by atomic mass is 10.1. The summed E-state index contributed by atoms with van der Waals surface area (Å²) in [6, 6.07) is 18.1. The summed E-state index contributed by atoms with van der Waals surface area (Å²) in [7, 11) is 1.64. The van der Waals surface area contributed by atoms with E-state index in [9.17, 15) is 0 Å². The van der Waals surface area contributed by atoms with E-state index in [1.54, 1.807) is 36.0 Å². The average Bonchev–Trinajstić information content (AvgIpc) is 3.42. The Labute approximate surface area is 190 Å². The molecule has 0 atom stereocenters. The fourth-order valence-corrected chi connectivity index (χ4v) is 4.76. The zero-order valence-corrected chi connectivity index (χ0v) is 19.2. The molecule has 2 heterocycles. The molecule has 0 amide bonds. The highest BCUT2D eigenvalue weighted by Gasteiger charge is 2.12. The van der Waals surface area contributed by atoms with Gasteiger partial charge in [-0.15, -0.1) is 22.7 Å². The minimum absolute atomic E-state index is 0.451. The summed E-state index contributed by atoms with van der Waals surface area (Å²) >= 11 is 3.27. The number of anilines is 1. The summed E-state index contributed by atoms with van der Waals surface area (Å²) in [5, 5.41) is 7.20. The van der Waals surface area contributed by atoms with Crippen molar-refractivity contribution in [2.24, 2.45) is 5.10 Å². The number of nitrogens with zero attached hydrogens (tertiary/aromatic N) is 2. The summed E-state index contributed by atoms with van der Waals surface area (Å²) in [6.45, 7) is 4.59. The number of thiazole rings is 1. The zero-order chi connectivity index (χ0) is 21.6. The molecule has 0 saturated heterocycles. The monoisotopic (exact) mass is 449 g/mol. The molecule has 5 nitrogen and oxygen atoms in total. The molecule has 0 bridgehead atoms. The molecule has 158 valence electrons. The molecule has 0 unspecified atom stereocenters. The predicted molar refractivity (Wildman–Crippen MR) is 130 cm³/mol. The summed E-state index contributed by atoms with van der Waals surface area (Å²) in [6.07, 6.45) is 1.73. The number of para-hydroxylation sites is 1. The molecule has 0 fully saturated rings. The molecule has 4 aromatic rings. The van der Waals surface area contributed by atoms with Crippen molar-refractivity contribution in [3.63, 3.8) is 0 Å². The van der Waals surface area contributed by atoms with Crippen molar-refractivity contribution >= 4 is 34.0 Å². The second kappa shape index (κ2) is 9.76. The van der Waals surface area contributed by atoms with Gasteiger partial charge in [0.05, 0.1) is 23.9 Å². The normalized spacial score (nSPS) is 11.1. The molecule has 31 heavy (non-hydrogen) atoms. The van der Waals surface area contributed by atoms with Gasteiger partial charge in [-0.25, -0.2) is 4.98 Å². The van der Waals surface area contributed by atoms with Crippen LogP contribution in [0.3, 0.4) is 0 Å². The molecular weight excluding hydrogens is 426 g/mol. The molecular formula is C24H23N3O2S2. The van der Waals surface area contributed by atoms with E-state index in [-0.39, 0.29) is 0 Å². The topological polar surface area (TPSA) is 55.7 Å². The van der Waals surface area contributed by atoms with Crippen LogP contribution in [-0.4, -0.2) is 18.3 Å². The molecule has 0 aliphatic carbocycles.